The minimum atomic E-state index is 0.0274. The molecule has 2 heterocycles. The molecule has 0 amide bonds. The highest BCUT2D eigenvalue weighted by Crippen LogP contribution is 2.36. The first-order valence-corrected chi connectivity index (χ1v) is 11.3. The third kappa shape index (κ3) is 3.93. The first-order chi connectivity index (χ1) is 15.6. The van der Waals surface area contributed by atoms with Crippen LogP contribution >= 0.6 is 11.8 Å². The number of nitrogens with zero attached hydrogens (tertiary/aromatic N) is 4. The molecule has 1 aliphatic carbocycles. The van der Waals surface area contributed by atoms with Gasteiger partial charge in [-0.25, -0.2) is 9.50 Å². The highest BCUT2D eigenvalue weighted by Gasteiger charge is 2.29. The molecule has 0 saturated carbocycles. The van der Waals surface area contributed by atoms with Gasteiger partial charge in [-0.3, -0.25) is 4.79 Å². The molecule has 4 aromatic rings. The predicted octanol–water partition coefficient (Wildman–Crippen LogP) is 4.35. The van der Waals surface area contributed by atoms with Crippen LogP contribution in [-0.4, -0.2) is 39.6 Å². The summed E-state index contributed by atoms with van der Waals surface area (Å²) in [6.07, 6.45) is 2.84. The Bertz CT molecular complexity index is 1290. The van der Waals surface area contributed by atoms with Crippen molar-refractivity contribution in [3.05, 3.63) is 77.1 Å². The van der Waals surface area contributed by atoms with E-state index in [0.717, 1.165) is 17.0 Å². The maximum atomic E-state index is 12.9. The number of hydrogen-bond donors (Lipinski definition) is 0. The van der Waals surface area contributed by atoms with Crippen molar-refractivity contribution in [3.8, 4) is 11.5 Å². The molecule has 1 aliphatic rings. The molecule has 0 aliphatic heterocycles. The number of benzene rings is 2. The molecule has 0 radical (unpaired) electrons. The lowest BCUT2D eigenvalue weighted by Crippen LogP contribution is -2.21. The Balaban J connectivity index is 1.40. The molecule has 162 valence electrons. The SMILES string of the molecule is COc1ccc([C@@H]2CC(=O)c3cn4nc(SCc5ccccc5)nc4nc3C2)cc1OC. The number of carbonyl (C=O) groups is 1. The molecule has 0 saturated heterocycles. The Morgan fingerprint density at radius 1 is 1.03 bits per heavy atom. The molecule has 5 rings (SSSR count). The average Bonchev–Trinajstić information content (AvgIpc) is 3.23. The largest absolute Gasteiger partial charge is 0.493 e. The molecule has 32 heavy (non-hydrogen) atoms. The molecule has 0 N–H and O–H groups in total. The van der Waals surface area contributed by atoms with E-state index in [0.29, 0.717) is 40.8 Å². The minimum absolute atomic E-state index is 0.0274. The van der Waals surface area contributed by atoms with E-state index < -0.39 is 0 Å². The highest BCUT2D eigenvalue weighted by molar-refractivity contribution is 7.98. The number of ether oxygens (including phenoxy) is 2. The number of ketones is 1. The molecule has 0 fully saturated rings. The Morgan fingerprint density at radius 3 is 2.62 bits per heavy atom. The Hall–Kier alpha value is -3.39. The zero-order chi connectivity index (χ0) is 22.1. The third-order valence-electron chi connectivity index (χ3n) is 5.65. The van der Waals surface area contributed by atoms with Crippen LogP contribution in [-0.2, 0) is 12.2 Å². The predicted molar refractivity (Wildman–Crippen MR) is 122 cm³/mol. The number of aromatic nitrogens is 4. The van der Waals surface area contributed by atoms with E-state index in [2.05, 4.69) is 22.2 Å². The Labute approximate surface area is 189 Å². The fourth-order valence-corrected chi connectivity index (χ4v) is 4.77. The van der Waals surface area contributed by atoms with Gasteiger partial charge in [0.15, 0.2) is 17.3 Å². The number of Topliss-reactive ketones (excluding diaryl/α,β-unsaturated/α-hetero) is 1. The molecule has 0 bridgehead atoms. The second-order valence-electron chi connectivity index (χ2n) is 7.66. The minimum Gasteiger partial charge on any atom is -0.493 e. The molecule has 7 nitrogen and oxygen atoms in total. The maximum Gasteiger partial charge on any atom is 0.253 e. The van der Waals surface area contributed by atoms with Gasteiger partial charge in [0.05, 0.1) is 25.5 Å². The number of thioether (sulfide) groups is 1. The lowest BCUT2D eigenvalue weighted by Gasteiger charge is -2.23. The lowest BCUT2D eigenvalue weighted by molar-refractivity contribution is 0.0962. The quantitative estimate of drug-likeness (QED) is 0.408. The van der Waals surface area contributed by atoms with Crippen molar-refractivity contribution in [2.45, 2.75) is 29.7 Å². The number of fused-ring (bicyclic) bond motifs is 2. The van der Waals surface area contributed by atoms with Crippen molar-refractivity contribution in [3.63, 3.8) is 0 Å². The standard InChI is InChI=1S/C24H22N4O3S/c1-30-21-9-8-16(12-22(21)31-2)17-10-19-18(20(29)11-17)13-28-23(25-19)26-24(27-28)32-14-15-6-4-3-5-7-15/h3-9,12-13,17H,10-11,14H2,1-2H3/t17-/m0/s1. The number of rotatable bonds is 6. The van der Waals surface area contributed by atoms with Gasteiger partial charge < -0.3 is 9.47 Å². The molecule has 0 spiro atoms. The summed E-state index contributed by atoms with van der Waals surface area (Å²) < 4.78 is 12.4. The van der Waals surface area contributed by atoms with Crippen LogP contribution in [0.15, 0.2) is 59.9 Å². The number of methoxy groups -OCH3 is 2. The second-order valence-corrected chi connectivity index (χ2v) is 8.60. The van der Waals surface area contributed by atoms with Gasteiger partial charge >= 0.3 is 0 Å². The van der Waals surface area contributed by atoms with Crippen LogP contribution in [0.4, 0.5) is 0 Å². The van der Waals surface area contributed by atoms with Gasteiger partial charge in [0.2, 0.25) is 5.16 Å². The molecule has 1 atom stereocenters. The van der Waals surface area contributed by atoms with Crippen molar-refractivity contribution in [2.75, 3.05) is 14.2 Å². The number of hydrogen-bond acceptors (Lipinski definition) is 7. The fourth-order valence-electron chi connectivity index (χ4n) is 3.99. The van der Waals surface area contributed by atoms with E-state index in [4.69, 9.17) is 14.5 Å². The van der Waals surface area contributed by atoms with Gasteiger partial charge in [0, 0.05) is 18.4 Å². The normalized spacial score (nSPS) is 15.6. The smallest absolute Gasteiger partial charge is 0.253 e. The van der Waals surface area contributed by atoms with Crippen LogP contribution in [0.3, 0.4) is 0 Å². The summed E-state index contributed by atoms with van der Waals surface area (Å²) in [6.45, 7) is 0. The molecule has 0 unspecified atom stereocenters. The molecular weight excluding hydrogens is 424 g/mol. The zero-order valence-corrected chi connectivity index (χ0v) is 18.6. The molecule has 2 aromatic heterocycles. The Kier molecular flexibility index (Phi) is 5.53. The van der Waals surface area contributed by atoms with Crippen LogP contribution in [0.25, 0.3) is 5.78 Å². The summed E-state index contributed by atoms with van der Waals surface area (Å²) in [5.41, 5.74) is 3.62. The van der Waals surface area contributed by atoms with Crippen molar-refractivity contribution in [1.29, 1.82) is 0 Å². The van der Waals surface area contributed by atoms with E-state index in [1.807, 2.05) is 36.4 Å². The summed E-state index contributed by atoms with van der Waals surface area (Å²) in [4.78, 5) is 22.2. The summed E-state index contributed by atoms with van der Waals surface area (Å²) in [7, 11) is 3.22. The van der Waals surface area contributed by atoms with E-state index >= 15 is 0 Å². The van der Waals surface area contributed by atoms with Crippen molar-refractivity contribution < 1.29 is 14.3 Å². The lowest BCUT2D eigenvalue weighted by atomic mass is 9.82. The first kappa shape index (κ1) is 20.5. The van der Waals surface area contributed by atoms with E-state index in [1.165, 1.54) is 5.56 Å². The van der Waals surface area contributed by atoms with Crippen LogP contribution < -0.4 is 9.47 Å². The van der Waals surface area contributed by atoms with Gasteiger partial charge in [0.1, 0.15) is 0 Å². The molecular formula is C24H22N4O3S. The van der Waals surface area contributed by atoms with Crippen LogP contribution in [0.5, 0.6) is 11.5 Å². The molecule has 2 aromatic carbocycles. The van der Waals surface area contributed by atoms with Crippen LogP contribution in [0, 0.1) is 0 Å². The van der Waals surface area contributed by atoms with Crippen LogP contribution in [0.1, 0.15) is 39.5 Å². The van der Waals surface area contributed by atoms with Gasteiger partial charge in [0.25, 0.3) is 5.78 Å². The van der Waals surface area contributed by atoms with E-state index in [-0.39, 0.29) is 11.7 Å². The second kappa shape index (κ2) is 8.63. The zero-order valence-electron chi connectivity index (χ0n) is 17.8. The van der Waals surface area contributed by atoms with Gasteiger partial charge in [-0.2, -0.15) is 4.98 Å². The summed E-state index contributed by atoms with van der Waals surface area (Å²) in [5.74, 6) is 2.71. The number of carbonyl (C=O) groups excluding carboxylic acids is 1. The topological polar surface area (TPSA) is 78.6 Å². The van der Waals surface area contributed by atoms with Crippen molar-refractivity contribution >= 4 is 23.3 Å². The van der Waals surface area contributed by atoms with Gasteiger partial charge in [-0.1, -0.05) is 48.2 Å². The van der Waals surface area contributed by atoms with E-state index in [9.17, 15) is 4.79 Å². The highest BCUT2D eigenvalue weighted by atomic mass is 32.2. The monoisotopic (exact) mass is 446 g/mol. The van der Waals surface area contributed by atoms with Gasteiger partial charge in [-0.15, -0.1) is 5.10 Å². The first-order valence-electron chi connectivity index (χ1n) is 10.3. The molecule has 8 heteroatoms. The summed E-state index contributed by atoms with van der Waals surface area (Å²) >= 11 is 1.55. The van der Waals surface area contributed by atoms with Crippen molar-refractivity contribution in [1.82, 2.24) is 19.6 Å². The third-order valence-corrected chi connectivity index (χ3v) is 6.56. The van der Waals surface area contributed by atoms with Gasteiger partial charge in [-0.05, 0) is 35.6 Å². The summed E-state index contributed by atoms with van der Waals surface area (Å²) in [6, 6.07) is 16.0. The van der Waals surface area contributed by atoms with Crippen molar-refractivity contribution in [2.24, 2.45) is 0 Å². The van der Waals surface area contributed by atoms with Crippen LogP contribution in [0.2, 0.25) is 0 Å². The fraction of sp³-hybridized carbons (Fsp3) is 0.250. The Morgan fingerprint density at radius 2 is 1.84 bits per heavy atom. The van der Waals surface area contributed by atoms with E-state index in [1.54, 1.807) is 36.7 Å². The summed E-state index contributed by atoms with van der Waals surface area (Å²) in [5, 5.41) is 5.16. The average molecular weight is 447 g/mol. The maximum absolute atomic E-state index is 12.9.